The van der Waals surface area contributed by atoms with Crippen LogP contribution in [0.1, 0.15) is 10.6 Å². The molecule has 2 aromatic rings. The Morgan fingerprint density at radius 1 is 1.42 bits per heavy atom. The largest absolute Gasteiger partial charge is 0.477 e. The van der Waals surface area contributed by atoms with E-state index < -0.39 is 29.2 Å². The van der Waals surface area contributed by atoms with Crippen LogP contribution in [0.25, 0.3) is 5.57 Å². The molecule has 2 atom stereocenters. The minimum absolute atomic E-state index is 0.0378. The predicted octanol–water partition coefficient (Wildman–Crippen LogP) is 3.00. The molecule has 13 heteroatoms. The molecule has 0 bridgehead atoms. The lowest BCUT2D eigenvalue weighted by atomic mass is 10.0. The zero-order valence-electron chi connectivity index (χ0n) is 15.5. The number of hydrogen-bond acceptors (Lipinski definition) is 8. The van der Waals surface area contributed by atoms with E-state index >= 15 is 0 Å². The van der Waals surface area contributed by atoms with Gasteiger partial charge < -0.3 is 16.2 Å². The van der Waals surface area contributed by atoms with Crippen LogP contribution in [0.2, 0.25) is 4.34 Å². The van der Waals surface area contributed by atoms with E-state index in [0.717, 1.165) is 21.7 Å². The molecule has 2 aliphatic rings. The van der Waals surface area contributed by atoms with Gasteiger partial charge in [-0.2, -0.15) is 0 Å². The van der Waals surface area contributed by atoms with Crippen molar-refractivity contribution in [1.29, 1.82) is 0 Å². The number of rotatable bonds is 6. The Kier molecular flexibility index (Phi) is 6.31. The number of hydrogen-bond donors (Lipinski definition) is 3. The maximum Gasteiger partial charge on any atom is 0.352 e. The molecule has 0 radical (unpaired) electrons. The van der Waals surface area contributed by atoms with Crippen molar-refractivity contribution in [2.45, 2.75) is 17.8 Å². The number of anilines is 1. The van der Waals surface area contributed by atoms with E-state index in [1.54, 1.807) is 11.4 Å². The molecular formula is C18H14Cl2N4O4S3. The van der Waals surface area contributed by atoms with Crippen molar-refractivity contribution in [3.8, 4) is 0 Å². The van der Waals surface area contributed by atoms with E-state index in [1.807, 2.05) is 6.07 Å². The van der Waals surface area contributed by atoms with Crippen molar-refractivity contribution >= 4 is 86.1 Å². The standard InChI is InChI=1S/C18H14Cl2N4O4S3/c19-4-9(10-6-30-18(21)22-10)14(25)23-12-15(26)24-13(17(27)28)7(5-29-16(12)24)3-8-1-2-11(20)31-8/h1-2,4,6,12,16H,3,5H2,(H2,21,22)(H,23,25)(H,27,28)/t12-,16+/m1/s1. The van der Waals surface area contributed by atoms with E-state index in [1.165, 1.54) is 28.0 Å². The Labute approximate surface area is 198 Å². The summed E-state index contributed by atoms with van der Waals surface area (Å²) in [6, 6.07) is 2.72. The number of aliphatic carboxylic acids is 1. The number of carbonyl (C=O) groups excluding carboxylic acids is 2. The van der Waals surface area contributed by atoms with Crippen LogP contribution in [0.5, 0.6) is 0 Å². The van der Waals surface area contributed by atoms with Gasteiger partial charge in [-0.05, 0) is 17.7 Å². The van der Waals surface area contributed by atoms with Crippen LogP contribution >= 0.6 is 57.6 Å². The molecule has 0 spiro atoms. The molecule has 4 heterocycles. The second-order valence-electron chi connectivity index (χ2n) is 6.59. The normalized spacial score (nSPS) is 21.0. The van der Waals surface area contributed by atoms with Crippen molar-refractivity contribution < 1.29 is 19.5 Å². The number of amides is 2. The third kappa shape index (κ3) is 4.20. The number of nitrogens with zero attached hydrogens (tertiary/aromatic N) is 2. The van der Waals surface area contributed by atoms with Crippen molar-refractivity contribution in [2.24, 2.45) is 0 Å². The van der Waals surface area contributed by atoms with Crippen molar-refractivity contribution in [1.82, 2.24) is 15.2 Å². The Morgan fingerprint density at radius 2 is 2.19 bits per heavy atom. The average Bonchev–Trinajstić information content (AvgIpc) is 3.34. The summed E-state index contributed by atoms with van der Waals surface area (Å²) < 4.78 is 0.613. The van der Waals surface area contributed by atoms with E-state index in [-0.39, 0.29) is 16.4 Å². The number of nitrogen functional groups attached to an aromatic ring is 1. The van der Waals surface area contributed by atoms with Gasteiger partial charge in [0.1, 0.15) is 17.1 Å². The molecule has 0 saturated carbocycles. The van der Waals surface area contributed by atoms with Crippen LogP contribution < -0.4 is 11.1 Å². The lowest BCUT2D eigenvalue weighted by Crippen LogP contribution is -2.70. The summed E-state index contributed by atoms with van der Waals surface area (Å²) in [6.45, 7) is 0. The second kappa shape index (κ2) is 8.83. The molecule has 8 nitrogen and oxygen atoms in total. The number of thioether (sulfide) groups is 1. The SMILES string of the molecule is Nc1nc(C(=CCl)C(=O)N[C@@H]2C(=O)N3C(C(=O)O)=C(Cc4ccc(Cl)s4)CS[C@@H]23)cs1. The first kappa shape index (κ1) is 22.2. The van der Waals surface area contributed by atoms with Gasteiger partial charge in [-0.15, -0.1) is 34.4 Å². The van der Waals surface area contributed by atoms with Crippen LogP contribution in [0, 0.1) is 0 Å². The van der Waals surface area contributed by atoms with Gasteiger partial charge in [0.15, 0.2) is 5.13 Å². The molecule has 4 rings (SSSR count). The molecule has 0 aliphatic carbocycles. The van der Waals surface area contributed by atoms with Crippen LogP contribution in [0.4, 0.5) is 5.13 Å². The summed E-state index contributed by atoms with van der Waals surface area (Å²) in [5.74, 6) is -1.84. The van der Waals surface area contributed by atoms with Gasteiger partial charge in [-0.3, -0.25) is 14.5 Å². The molecule has 1 saturated heterocycles. The van der Waals surface area contributed by atoms with E-state index in [0.29, 0.717) is 27.8 Å². The first-order valence-corrected chi connectivity index (χ1v) is 12.3. The van der Waals surface area contributed by atoms with Crippen LogP contribution in [-0.4, -0.2) is 49.9 Å². The Balaban J connectivity index is 1.52. The number of halogens is 2. The first-order valence-electron chi connectivity index (χ1n) is 8.77. The highest BCUT2D eigenvalue weighted by Gasteiger charge is 2.54. The maximum atomic E-state index is 12.8. The van der Waals surface area contributed by atoms with Crippen molar-refractivity contribution in [3.63, 3.8) is 0 Å². The van der Waals surface area contributed by atoms with E-state index in [2.05, 4.69) is 10.3 Å². The number of carboxylic acids is 1. The summed E-state index contributed by atoms with van der Waals surface area (Å²) in [7, 11) is 0. The third-order valence-corrected chi connectivity index (χ3v) is 8.17. The molecule has 162 valence electrons. The molecule has 1 fully saturated rings. The molecule has 0 unspecified atom stereocenters. The van der Waals surface area contributed by atoms with Gasteiger partial charge in [0, 0.05) is 28.0 Å². The summed E-state index contributed by atoms with van der Waals surface area (Å²) in [6.07, 6.45) is 0.393. The van der Waals surface area contributed by atoms with Crippen LogP contribution in [-0.2, 0) is 20.8 Å². The van der Waals surface area contributed by atoms with Gasteiger partial charge in [-0.25, -0.2) is 9.78 Å². The highest BCUT2D eigenvalue weighted by molar-refractivity contribution is 8.00. The van der Waals surface area contributed by atoms with E-state index in [4.69, 9.17) is 28.9 Å². The lowest BCUT2D eigenvalue weighted by Gasteiger charge is -2.49. The van der Waals surface area contributed by atoms with Gasteiger partial charge in [-0.1, -0.05) is 23.2 Å². The quantitative estimate of drug-likeness (QED) is 0.397. The number of carboxylic acid groups (broad SMARTS) is 1. The number of nitrogens with one attached hydrogen (secondary N) is 1. The van der Waals surface area contributed by atoms with Gasteiger partial charge >= 0.3 is 5.97 Å². The zero-order chi connectivity index (χ0) is 22.3. The topological polar surface area (TPSA) is 126 Å². The highest BCUT2D eigenvalue weighted by atomic mass is 35.5. The molecule has 2 amide bonds. The maximum absolute atomic E-state index is 12.8. The molecule has 0 aromatic carbocycles. The minimum atomic E-state index is -1.18. The average molecular weight is 517 g/mol. The van der Waals surface area contributed by atoms with Crippen LogP contribution in [0.15, 0.2) is 34.3 Å². The smallest absolute Gasteiger partial charge is 0.352 e. The second-order valence-corrected chi connectivity index (χ2v) is 10.6. The zero-order valence-corrected chi connectivity index (χ0v) is 19.5. The number of aromatic nitrogens is 1. The number of thiophene rings is 1. The monoisotopic (exact) mass is 516 g/mol. The van der Waals surface area contributed by atoms with Gasteiger partial charge in [0.2, 0.25) is 0 Å². The molecule has 31 heavy (non-hydrogen) atoms. The van der Waals surface area contributed by atoms with E-state index in [9.17, 15) is 19.5 Å². The van der Waals surface area contributed by atoms with Crippen LogP contribution in [0.3, 0.4) is 0 Å². The number of fused-ring (bicyclic) bond motifs is 1. The molecular weight excluding hydrogens is 503 g/mol. The fraction of sp³-hybridized carbons (Fsp3) is 0.222. The Bertz CT molecular complexity index is 1140. The Hall–Kier alpha value is -2.05. The summed E-state index contributed by atoms with van der Waals surface area (Å²) >= 11 is 15.7. The fourth-order valence-corrected chi connectivity index (χ4v) is 6.58. The lowest BCUT2D eigenvalue weighted by molar-refractivity contribution is -0.150. The fourth-order valence-electron chi connectivity index (χ4n) is 3.33. The van der Waals surface area contributed by atoms with Crippen molar-refractivity contribution in [2.75, 3.05) is 11.5 Å². The number of carbonyl (C=O) groups is 3. The summed E-state index contributed by atoms with van der Waals surface area (Å²) in [4.78, 5) is 43.6. The summed E-state index contributed by atoms with van der Waals surface area (Å²) in [5, 5.41) is 13.7. The third-order valence-electron chi connectivity index (χ3n) is 4.70. The molecule has 2 aliphatic heterocycles. The van der Waals surface area contributed by atoms with Gasteiger partial charge in [0.05, 0.1) is 15.6 Å². The molecule has 2 aromatic heterocycles. The highest BCUT2D eigenvalue weighted by Crippen LogP contribution is 2.42. The summed E-state index contributed by atoms with van der Waals surface area (Å²) in [5.41, 5.74) is 7.65. The number of β-lactam (4-membered cyclic amide) rings is 1. The minimum Gasteiger partial charge on any atom is -0.477 e. The van der Waals surface area contributed by atoms with Crippen molar-refractivity contribution in [3.05, 3.63) is 49.2 Å². The number of nitrogens with two attached hydrogens (primary N) is 1. The number of thiazole rings is 1. The first-order chi connectivity index (χ1) is 14.8. The predicted molar refractivity (Wildman–Crippen MR) is 123 cm³/mol. The molecule has 4 N–H and O–H groups in total. The Morgan fingerprint density at radius 3 is 2.77 bits per heavy atom. The van der Waals surface area contributed by atoms with Gasteiger partial charge in [0.25, 0.3) is 11.8 Å².